The Bertz CT molecular complexity index is 339. The van der Waals surface area contributed by atoms with Crippen molar-refractivity contribution in [2.75, 3.05) is 13.2 Å². The summed E-state index contributed by atoms with van der Waals surface area (Å²) in [6.45, 7) is 2.57. The first-order valence-corrected chi connectivity index (χ1v) is 6.18. The van der Waals surface area contributed by atoms with Crippen molar-refractivity contribution in [3.63, 3.8) is 0 Å². The van der Waals surface area contributed by atoms with Crippen LogP contribution in [0.3, 0.4) is 0 Å². The van der Waals surface area contributed by atoms with Gasteiger partial charge in [-0.05, 0) is 40.0 Å². The average Bonchev–Trinajstić information content (AvgIpc) is 2.73. The van der Waals surface area contributed by atoms with E-state index in [-0.39, 0.29) is 0 Å². The van der Waals surface area contributed by atoms with Crippen LogP contribution in [0.5, 0.6) is 0 Å². The van der Waals surface area contributed by atoms with Crippen LogP contribution in [0.4, 0.5) is 0 Å². The molecule has 1 aliphatic heterocycles. The van der Waals surface area contributed by atoms with Crippen molar-refractivity contribution in [2.45, 2.75) is 19.0 Å². The summed E-state index contributed by atoms with van der Waals surface area (Å²) < 4.78 is 6.25. The number of rotatable bonds is 3. The van der Waals surface area contributed by atoms with Crippen LogP contribution in [0.1, 0.15) is 12.0 Å². The topological polar surface area (TPSA) is 21.3 Å². The Hall–Kier alpha value is -0.0900. The molecule has 0 aromatic heterocycles. The zero-order valence-corrected chi connectivity index (χ0v) is 10.6. The molecule has 1 N–H and O–H groups in total. The molecule has 0 aliphatic carbocycles. The fraction of sp³-hybridized carbons (Fsp3) is 0.455. The highest BCUT2D eigenvalue weighted by Crippen LogP contribution is 2.23. The van der Waals surface area contributed by atoms with Crippen LogP contribution >= 0.6 is 27.5 Å². The third-order valence-corrected chi connectivity index (χ3v) is 3.72. The first-order valence-electron chi connectivity index (χ1n) is 5.01. The fourth-order valence-corrected chi connectivity index (χ4v) is 2.15. The van der Waals surface area contributed by atoms with Gasteiger partial charge in [0, 0.05) is 23.7 Å². The van der Waals surface area contributed by atoms with Crippen LogP contribution in [0.15, 0.2) is 22.7 Å². The molecule has 1 aromatic rings. The monoisotopic (exact) mass is 289 g/mol. The highest BCUT2D eigenvalue weighted by molar-refractivity contribution is 9.10. The van der Waals surface area contributed by atoms with Crippen molar-refractivity contribution in [2.24, 2.45) is 0 Å². The highest BCUT2D eigenvalue weighted by atomic mass is 79.9. The number of hydrogen-bond donors (Lipinski definition) is 1. The zero-order chi connectivity index (χ0) is 10.7. The van der Waals surface area contributed by atoms with Crippen molar-refractivity contribution >= 4 is 27.5 Å². The Labute approximate surface area is 103 Å². The number of nitrogens with one attached hydrogen (secondary N) is 1. The average molecular weight is 291 g/mol. The van der Waals surface area contributed by atoms with E-state index < -0.39 is 0 Å². The summed E-state index contributed by atoms with van der Waals surface area (Å²) in [5.41, 5.74) is 1.23. The minimum absolute atomic E-state index is 0.499. The molecule has 1 heterocycles. The molecule has 15 heavy (non-hydrogen) atoms. The number of halogens is 2. The summed E-state index contributed by atoms with van der Waals surface area (Å²) in [7, 11) is 0. The minimum Gasteiger partial charge on any atom is -0.380 e. The predicted molar refractivity (Wildman–Crippen MR) is 65.2 cm³/mol. The molecule has 4 heteroatoms. The van der Waals surface area contributed by atoms with E-state index in [1.165, 1.54) is 5.56 Å². The van der Waals surface area contributed by atoms with E-state index in [4.69, 9.17) is 16.3 Å². The van der Waals surface area contributed by atoms with E-state index in [0.29, 0.717) is 6.04 Å². The molecule has 0 bridgehead atoms. The largest absolute Gasteiger partial charge is 0.380 e. The van der Waals surface area contributed by atoms with Crippen molar-refractivity contribution < 1.29 is 4.74 Å². The smallest absolute Gasteiger partial charge is 0.0620 e. The molecule has 1 aliphatic rings. The molecule has 1 unspecified atom stereocenters. The Balaban J connectivity index is 1.90. The van der Waals surface area contributed by atoms with E-state index in [0.717, 1.165) is 35.7 Å². The van der Waals surface area contributed by atoms with Crippen molar-refractivity contribution in [3.8, 4) is 0 Å². The van der Waals surface area contributed by atoms with Gasteiger partial charge in [0.15, 0.2) is 0 Å². The zero-order valence-electron chi connectivity index (χ0n) is 8.30. The lowest BCUT2D eigenvalue weighted by atomic mass is 10.2. The molecule has 0 amide bonds. The van der Waals surface area contributed by atoms with Gasteiger partial charge >= 0.3 is 0 Å². The fourth-order valence-electron chi connectivity index (χ4n) is 1.61. The lowest BCUT2D eigenvalue weighted by Crippen LogP contribution is -2.28. The van der Waals surface area contributed by atoms with E-state index in [9.17, 15) is 0 Å². The molecule has 1 fully saturated rings. The highest BCUT2D eigenvalue weighted by Gasteiger charge is 2.14. The quantitative estimate of drug-likeness (QED) is 0.924. The van der Waals surface area contributed by atoms with Crippen molar-refractivity contribution in [1.29, 1.82) is 0 Å². The molecular weight excluding hydrogens is 277 g/mol. The summed E-state index contributed by atoms with van der Waals surface area (Å²) in [5, 5.41) is 4.21. The van der Waals surface area contributed by atoms with Crippen LogP contribution in [-0.2, 0) is 11.3 Å². The first-order chi connectivity index (χ1) is 7.25. The Morgan fingerprint density at radius 2 is 2.40 bits per heavy atom. The van der Waals surface area contributed by atoms with Gasteiger partial charge in [-0.1, -0.05) is 17.7 Å². The van der Waals surface area contributed by atoms with Crippen molar-refractivity contribution in [1.82, 2.24) is 5.32 Å². The summed E-state index contributed by atoms with van der Waals surface area (Å²) >= 11 is 9.34. The Morgan fingerprint density at radius 3 is 3.07 bits per heavy atom. The summed E-state index contributed by atoms with van der Waals surface area (Å²) in [6, 6.07) is 6.49. The van der Waals surface area contributed by atoms with Gasteiger partial charge in [0.1, 0.15) is 0 Å². The SMILES string of the molecule is Clc1ccc(CNC2CCOC2)cc1Br. The predicted octanol–water partition coefficient (Wildman–Crippen LogP) is 2.98. The molecular formula is C11H13BrClNO. The van der Waals surface area contributed by atoms with Gasteiger partial charge in [0.25, 0.3) is 0 Å². The van der Waals surface area contributed by atoms with Gasteiger partial charge in [-0.3, -0.25) is 0 Å². The summed E-state index contributed by atoms with van der Waals surface area (Å²) in [5.74, 6) is 0. The van der Waals surface area contributed by atoms with Gasteiger partial charge in [-0.15, -0.1) is 0 Å². The minimum atomic E-state index is 0.499. The normalized spacial score (nSPS) is 20.8. The third-order valence-electron chi connectivity index (χ3n) is 2.51. The maximum absolute atomic E-state index is 5.92. The number of ether oxygens (including phenoxy) is 1. The van der Waals surface area contributed by atoms with E-state index in [1.54, 1.807) is 0 Å². The maximum Gasteiger partial charge on any atom is 0.0620 e. The van der Waals surface area contributed by atoms with Gasteiger partial charge in [0.05, 0.1) is 11.6 Å². The molecule has 82 valence electrons. The van der Waals surface area contributed by atoms with Crippen LogP contribution in [0, 0.1) is 0 Å². The number of hydrogen-bond acceptors (Lipinski definition) is 2. The van der Waals surface area contributed by atoms with Gasteiger partial charge in [-0.25, -0.2) is 0 Å². The number of benzene rings is 1. The first kappa shape index (κ1) is 11.4. The van der Waals surface area contributed by atoms with E-state index in [1.807, 2.05) is 18.2 Å². The third kappa shape index (κ3) is 3.18. The lowest BCUT2D eigenvalue weighted by Gasteiger charge is -2.10. The van der Waals surface area contributed by atoms with Crippen molar-refractivity contribution in [3.05, 3.63) is 33.3 Å². The summed E-state index contributed by atoms with van der Waals surface area (Å²) in [4.78, 5) is 0. The van der Waals surface area contributed by atoms with Gasteiger partial charge in [-0.2, -0.15) is 0 Å². The molecule has 0 radical (unpaired) electrons. The molecule has 1 aromatic carbocycles. The Kier molecular flexibility index (Phi) is 4.03. The second-order valence-corrected chi connectivity index (χ2v) is 4.95. The lowest BCUT2D eigenvalue weighted by molar-refractivity contribution is 0.190. The van der Waals surface area contributed by atoms with Gasteiger partial charge < -0.3 is 10.1 Å². The molecule has 0 spiro atoms. The molecule has 2 rings (SSSR count). The van der Waals surface area contributed by atoms with Crippen LogP contribution in [0.25, 0.3) is 0 Å². The van der Waals surface area contributed by atoms with Gasteiger partial charge in [0.2, 0.25) is 0 Å². The Morgan fingerprint density at radius 1 is 1.53 bits per heavy atom. The second-order valence-electron chi connectivity index (χ2n) is 3.69. The van der Waals surface area contributed by atoms with E-state index >= 15 is 0 Å². The van der Waals surface area contributed by atoms with E-state index in [2.05, 4.69) is 21.2 Å². The molecule has 0 saturated carbocycles. The standard InChI is InChI=1S/C11H13BrClNO/c12-10-5-8(1-2-11(10)13)6-14-9-3-4-15-7-9/h1-2,5,9,14H,3-4,6-7H2. The molecule has 1 saturated heterocycles. The van der Waals surface area contributed by atoms with Crippen LogP contribution in [-0.4, -0.2) is 19.3 Å². The van der Waals surface area contributed by atoms with Crippen LogP contribution < -0.4 is 5.32 Å². The second kappa shape index (κ2) is 5.30. The maximum atomic E-state index is 5.92. The molecule has 1 atom stereocenters. The van der Waals surface area contributed by atoms with Crippen LogP contribution in [0.2, 0.25) is 5.02 Å². The summed E-state index contributed by atoms with van der Waals surface area (Å²) in [6.07, 6.45) is 1.11. The molecule has 2 nitrogen and oxygen atoms in total.